The van der Waals surface area contributed by atoms with Gasteiger partial charge in [-0.25, -0.2) is 4.79 Å². The molecule has 0 radical (unpaired) electrons. The molecule has 2 aliphatic carbocycles. The molecule has 2 fully saturated rings. The van der Waals surface area contributed by atoms with Gasteiger partial charge >= 0.3 is 6.09 Å². The normalized spacial score (nSPS) is 35.1. The van der Waals surface area contributed by atoms with Crippen LogP contribution in [0.2, 0.25) is 0 Å². The lowest BCUT2D eigenvalue weighted by molar-refractivity contribution is -0.0169. The van der Waals surface area contributed by atoms with E-state index in [9.17, 15) is 9.90 Å². The molecule has 1 N–H and O–H groups in total. The van der Waals surface area contributed by atoms with Crippen LogP contribution >= 0.6 is 0 Å². The number of nitrogens with zero attached hydrogens (tertiary/aromatic N) is 1. The summed E-state index contributed by atoms with van der Waals surface area (Å²) >= 11 is 0. The summed E-state index contributed by atoms with van der Waals surface area (Å²) < 4.78 is 0. The highest BCUT2D eigenvalue weighted by molar-refractivity contribution is 5.68. The fraction of sp³-hybridized carbons (Fsp3) is 0.588. The average molecular weight is 271 g/mol. The highest BCUT2D eigenvalue weighted by atomic mass is 16.4. The molecule has 1 saturated heterocycles. The molecular formula is C17H21NO2. The van der Waals surface area contributed by atoms with Crippen LogP contribution in [0.25, 0.3) is 0 Å². The molecule has 4 rings (SSSR count). The van der Waals surface area contributed by atoms with Crippen LogP contribution in [0.5, 0.6) is 0 Å². The van der Waals surface area contributed by atoms with Crippen LogP contribution in [0.4, 0.5) is 4.79 Å². The van der Waals surface area contributed by atoms with Gasteiger partial charge in [-0.2, -0.15) is 0 Å². The van der Waals surface area contributed by atoms with E-state index in [0.717, 1.165) is 32.1 Å². The van der Waals surface area contributed by atoms with Gasteiger partial charge in [0.15, 0.2) is 0 Å². The minimum absolute atomic E-state index is 0.206. The number of fused-ring (bicyclic) bond motifs is 1. The van der Waals surface area contributed by atoms with Gasteiger partial charge in [-0.3, -0.25) is 4.90 Å². The molecule has 0 aromatic heterocycles. The van der Waals surface area contributed by atoms with Crippen LogP contribution in [0, 0.1) is 5.41 Å². The lowest BCUT2D eigenvalue weighted by atomic mass is 9.53. The van der Waals surface area contributed by atoms with Crippen molar-refractivity contribution in [1.82, 2.24) is 4.90 Å². The number of benzene rings is 1. The molecule has 1 heterocycles. The first-order valence-electron chi connectivity index (χ1n) is 7.79. The van der Waals surface area contributed by atoms with Crippen LogP contribution in [-0.2, 0) is 12.0 Å². The summed E-state index contributed by atoms with van der Waals surface area (Å²) in [4.78, 5) is 13.6. The summed E-state index contributed by atoms with van der Waals surface area (Å²) in [7, 11) is 0. The Labute approximate surface area is 119 Å². The number of aryl methyl sites for hydroxylation is 1. The van der Waals surface area contributed by atoms with Crippen molar-refractivity contribution in [2.24, 2.45) is 5.41 Å². The van der Waals surface area contributed by atoms with Gasteiger partial charge < -0.3 is 5.11 Å². The van der Waals surface area contributed by atoms with E-state index in [1.165, 1.54) is 24.0 Å². The molecule has 3 aliphatic rings. The molecule has 0 spiro atoms. The van der Waals surface area contributed by atoms with Crippen LogP contribution in [0.3, 0.4) is 0 Å². The Bertz CT molecular complexity index is 570. The number of rotatable bonds is 0. The van der Waals surface area contributed by atoms with E-state index >= 15 is 0 Å². The van der Waals surface area contributed by atoms with Crippen molar-refractivity contribution in [3.63, 3.8) is 0 Å². The number of carboxylic acid groups (broad SMARTS) is 1. The van der Waals surface area contributed by atoms with E-state index in [4.69, 9.17) is 0 Å². The fourth-order valence-electron chi connectivity index (χ4n) is 5.38. The molecule has 1 amide bonds. The van der Waals surface area contributed by atoms with Crippen LogP contribution in [0.1, 0.15) is 49.7 Å². The summed E-state index contributed by atoms with van der Waals surface area (Å²) in [6, 6.07) is 8.55. The third-order valence-electron chi connectivity index (χ3n) is 6.16. The van der Waals surface area contributed by atoms with Crippen molar-refractivity contribution in [3.8, 4) is 0 Å². The molecule has 1 aliphatic heterocycles. The van der Waals surface area contributed by atoms with Gasteiger partial charge in [-0.1, -0.05) is 37.1 Å². The topological polar surface area (TPSA) is 40.5 Å². The fourth-order valence-corrected chi connectivity index (χ4v) is 5.38. The van der Waals surface area contributed by atoms with Crippen molar-refractivity contribution in [1.29, 1.82) is 0 Å². The Morgan fingerprint density at radius 2 is 1.90 bits per heavy atom. The Hall–Kier alpha value is -1.51. The Morgan fingerprint density at radius 1 is 1.10 bits per heavy atom. The van der Waals surface area contributed by atoms with Crippen molar-refractivity contribution in [2.45, 2.75) is 50.5 Å². The van der Waals surface area contributed by atoms with E-state index in [1.807, 2.05) is 0 Å². The maximum Gasteiger partial charge on any atom is 0.408 e. The van der Waals surface area contributed by atoms with Crippen LogP contribution in [-0.4, -0.2) is 22.6 Å². The molecule has 106 valence electrons. The quantitative estimate of drug-likeness (QED) is 0.780. The Morgan fingerprint density at radius 3 is 2.75 bits per heavy atom. The second-order valence-corrected chi connectivity index (χ2v) is 6.69. The van der Waals surface area contributed by atoms with Crippen LogP contribution < -0.4 is 0 Å². The van der Waals surface area contributed by atoms with Gasteiger partial charge in [0, 0.05) is 12.0 Å². The van der Waals surface area contributed by atoms with Crippen LogP contribution in [0.15, 0.2) is 24.3 Å². The monoisotopic (exact) mass is 271 g/mol. The molecule has 1 saturated carbocycles. The van der Waals surface area contributed by atoms with Crippen molar-refractivity contribution in [2.75, 3.05) is 6.54 Å². The third-order valence-corrected chi connectivity index (χ3v) is 6.16. The number of carbonyl (C=O) groups is 1. The molecule has 1 aromatic rings. The average Bonchev–Trinajstić information content (AvgIpc) is 2.83. The molecule has 2 unspecified atom stereocenters. The highest BCUT2D eigenvalue weighted by Gasteiger charge is 2.63. The van der Waals surface area contributed by atoms with E-state index in [-0.39, 0.29) is 11.0 Å². The summed E-state index contributed by atoms with van der Waals surface area (Å²) in [5.74, 6) is 0. The predicted molar refractivity (Wildman–Crippen MR) is 76.7 cm³/mol. The van der Waals surface area contributed by atoms with Gasteiger partial charge in [0.05, 0.1) is 5.54 Å². The summed E-state index contributed by atoms with van der Waals surface area (Å²) in [5.41, 5.74) is 2.66. The lowest BCUT2D eigenvalue weighted by Gasteiger charge is -2.55. The second kappa shape index (κ2) is 4.00. The summed E-state index contributed by atoms with van der Waals surface area (Å²) in [6.45, 7) is 0.712. The van der Waals surface area contributed by atoms with E-state index in [0.29, 0.717) is 6.54 Å². The number of amides is 1. The smallest absolute Gasteiger partial charge is 0.408 e. The molecule has 2 atom stereocenters. The first kappa shape index (κ1) is 12.2. The number of hydrogen-bond acceptors (Lipinski definition) is 1. The summed E-state index contributed by atoms with van der Waals surface area (Å²) in [5, 5.41) is 9.73. The first-order chi connectivity index (χ1) is 9.70. The van der Waals surface area contributed by atoms with Crippen molar-refractivity contribution < 1.29 is 9.90 Å². The van der Waals surface area contributed by atoms with Gasteiger partial charge in [-0.05, 0) is 43.2 Å². The zero-order chi connectivity index (χ0) is 13.8. The predicted octanol–water partition coefficient (Wildman–Crippen LogP) is 3.77. The molecule has 3 heteroatoms. The maximum atomic E-state index is 11.8. The zero-order valence-electron chi connectivity index (χ0n) is 11.8. The standard InChI is InChI=1S/C17H21NO2/c19-15(20)18-12-11-16-8-3-4-9-17(16,18)14-6-2-1-5-13(14)7-10-16/h1-2,5-6H,3-4,7-12H2,(H,19,20). The van der Waals surface area contributed by atoms with Gasteiger partial charge in [0.2, 0.25) is 0 Å². The van der Waals surface area contributed by atoms with E-state index in [2.05, 4.69) is 24.3 Å². The largest absolute Gasteiger partial charge is 0.465 e. The van der Waals surface area contributed by atoms with Gasteiger partial charge in [0.1, 0.15) is 0 Å². The minimum Gasteiger partial charge on any atom is -0.465 e. The molecule has 1 aromatic carbocycles. The highest BCUT2D eigenvalue weighted by Crippen LogP contribution is 2.64. The molecule has 0 bridgehead atoms. The molecule has 20 heavy (non-hydrogen) atoms. The minimum atomic E-state index is -0.731. The van der Waals surface area contributed by atoms with Crippen molar-refractivity contribution >= 4 is 6.09 Å². The van der Waals surface area contributed by atoms with E-state index in [1.54, 1.807) is 4.90 Å². The SMILES string of the molecule is O=C(O)N1CCC23CCCCC12c1ccccc1CC3. The first-order valence-corrected chi connectivity index (χ1v) is 7.79. The number of hydrogen-bond donors (Lipinski definition) is 1. The van der Waals surface area contributed by atoms with Gasteiger partial charge in [0.25, 0.3) is 0 Å². The van der Waals surface area contributed by atoms with Gasteiger partial charge in [-0.15, -0.1) is 0 Å². The Kier molecular flexibility index (Phi) is 2.45. The Balaban J connectivity index is 1.97. The maximum absolute atomic E-state index is 11.8. The summed E-state index contributed by atoms with van der Waals surface area (Å²) in [6.07, 6.45) is 7.22. The lowest BCUT2D eigenvalue weighted by Crippen LogP contribution is -2.56. The van der Waals surface area contributed by atoms with E-state index < -0.39 is 6.09 Å². The zero-order valence-corrected chi connectivity index (χ0v) is 11.8. The molecular weight excluding hydrogens is 250 g/mol. The second-order valence-electron chi connectivity index (χ2n) is 6.69. The van der Waals surface area contributed by atoms with Crippen molar-refractivity contribution in [3.05, 3.63) is 35.4 Å². The number of likely N-dealkylation sites (tertiary alicyclic amines) is 1. The third kappa shape index (κ3) is 1.28. The molecule has 3 nitrogen and oxygen atoms in total.